The summed E-state index contributed by atoms with van der Waals surface area (Å²) in [6.45, 7) is 7.73. The fourth-order valence-corrected chi connectivity index (χ4v) is 3.30. The molecule has 0 saturated carbocycles. The third-order valence-electron chi connectivity index (χ3n) is 3.53. The van der Waals surface area contributed by atoms with Gasteiger partial charge in [0.25, 0.3) is 0 Å². The molecule has 4 atom stereocenters. The highest BCUT2D eigenvalue weighted by atomic mass is 32.2. The van der Waals surface area contributed by atoms with E-state index >= 15 is 0 Å². The molecule has 1 aliphatic rings. The van der Waals surface area contributed by atoms with Crippen LogP contribution in [0.15, 0.2) is 11.6 Å². The molecule has 0 saturated heterocycles. The van der Waals surface area contributed by atoms with Gasteiger partial charge in [-0.15, -0.1) is 0 Å². The zero-order valence-corrected chi connectivity index (χ0v) is 11.8. The maximum Gasteiger partial charge on any atom is 0.0383 e. The van der Waals surface area contributed by atoms with Crippen LogP contribution in [0.25, 0.3) is 0 Å². The molecular formula is C13H25NOS. The smallest absolute Gasteiger partial charge is 0.0383 e. The molecule has 0 aromatic heterocycles. The number of rotatable bonds is 5. The van der Waals surface area contributed by atoms with Gasteiger partial charge in [0.2, 0.25) is 0 Å². The van der Waals surface area contributed by atoms with E-state index in [1.165, 1.54) is 18.4 Å². The third kappa shape index (κ3) is 4.38. The van der Waals surface area contributed by atoms with Gasteiger partial charge in [0.05, 0.1) is 0 Å². The monoisotopic (exact) mass is 243 g/mol. The first-order valence-corrected chi connectivity index (χ1v) is 7.93. The van der Waals surface area contributed by atoms with Gasteiger partial charge >= 0.3 is 0 Å². The van der Waals surface area contributed by atoms with Crippen LogP contribution in [-0.4, -0.2) is 28.8 Å². The molecule has 1 aliphatic carbocycles. The van der Waals surface area contributed by atoms with Crippen LogP contribution in [0.1, 0.15) is 33.6 Å². The fraction of sp³-hybridized carbons (Fsp3) is 0.846. The molecule has 1 rings (SSSR count). The van der Waals surface area contributed by atoms with Gasteiger partial charge in [-0.1, -0.05) is 18.6 Å². The summed E-state index contributed by atoms with van der Waals surface area (Å²) in [6, 6.07) is 0.354. The van der Waals surface area contributed by atoms with Crippen LogP contribution in [0, 0.1) is 11.8 Å². The highest BCUT2D eigenvalue weighted by Gasteiger charge is 2.22. The van der Waals surface area contributed by atoms with Gasteiger partial charge in [0.1, 0.15) is 0 Å². The van der Waals surface area contributed by atoms with Crippen molar-refractivity contribution in [3.05, 3.63) is 11.6 Å². The molecule has 3 heteroatoms. The molecule has 0 aromatic rings. The topological polar surface area (TPSA) is 29.1 Å². The molecule has 2 nitrogen and oxygen atoms in total. The summed E-state index contributed by atoms with van der Waals surface area (Å²) in [5.74, 6) is 2.20. The van der Waals surface area contributed by atoms with Crippen molar-refractivity contribution in [1.82, 2.24) is 5.32 Å². The van der Waals surface area contributed by atoms with Crippen molar-refractivity contribution in [1.29, 1.82) is 0 Å². The predicted octanol–water partition coefficient (Wildman–Crippen LogP) is 2.34. The summed E-state index contributed by atoms with van der Waals surface area (Å²) in [5, 5.41) is 3.51. The van der Waals surface area contributed by atoms with E-state index in [1.54, 1.807) is 6.26 Å². The molecule has 0 amide bonds. The normalized spacial score (nSPS) is 29.6. The number of nitrogens with one attached hydrogen (secondary N) is 1. The maximum atomic E-state index is 11.1. The Morgan fingerprint density at radius 2 is 2.31 bits per heavy atom. The van der Waals surface area contributed by atoms with Crippen LogP contribution in [0.5, 0.6) is 0 Å². The largest absolute Gasteiger partial charge is 0.313 e. The Kier molecular flexibility index (Phi) is 5.70. The van der Waals surface area contributed by atoms with Crippen molar-refractivity contribution in [2.75, 3.05) is 18.6 Å². The van der Waals surface area contributed by atoms with Crippen LogP contribution >= 0.6 is 0 Å². The first kappa shape index (κ1) is 13.9. The Labute approximate surface area is 102 Å². The zero-order valence-electron chi connectivity index (χ0n) is 11.0. The van der Waals surface area contributed by atoms with Gasteiger partial charge < -0.3 is 5.32 Å². The Hall–Kier alpha value is -0.150. The summed E-state index contributed by atoms with van der Waals surface area (Å²) in [7, 11) is -0.697. The molecule has 0 aliphatic heterocycles. The van der Waals surface area contributed by atoms with Crippen molar-refractivity contribution in [3.63, 3.8) is 0 Å². The molecule has 0 heterocycles. The highest BCUT2D eigenvalue weighted by Crippen LogP contribution is 2.29. The molecule has 0 fully saturated rings. The van der Waals surface area contributed by atoms with E-state index in [2.05, 4.69) is 32.2 Å². The second kappa shape index (κ2) is 6.55. The average molecular weight is 243 g/mol. The molecule has 1 N–H and O–H groups in total. The van der Waals surface area contributed by atoms with E-state index in [9.17, 15) is 4.21 Å². The average Bonchev–Trinajstić information content (AvgIpc) is 2.15. The lowest BCUT2D eigenvalue weighted by Crippen LogP contribution is -2.37. The van der Waals surface area contributed by atoms with E-state index in [-0.39, 0.29) is 0 Å². The minimum Gasteiger partial charge on any atom is -0.313 e. The Bertz CT molecular complexity index is 275. The van der Waals surface area contributed by atoms with E-state index < -0.39 is 10.8 Å². The number of hydrogen-bond donors (Lipinski definition) is 1. The van der Waals surface area contributed by atoms with Gasteiger partial charge in [-0.3, -0.25) is 4.21 Å². The summed E-state index contributed by atoms with van der Waals surface area (Å²) in [6.07, 6.45) is 6.68. The maximum absolute atomic E-state index is 11.1. The van der Waals surface area contributed by atoms with Crippen LogP contribution in [0.2, 0.25) is 0 Å². The second-order valence-electron chi connectivity index (χ2n) is 5.16. The van der Waals surface area contributed by atoms with E-state index in [0.29, 0.717) is 12.0 Å². The van der Waals surface area contributed by atoms with Crippen molar-refractivity contribution in [3.8, 4) is 0 Å². The van der Waals surface area contributed by atoms with Gasteiger partial charge in [0, 0.05) is 35.4 Å². The first-order valence-electron chi connectivity index (χ1n) is 6.20. The number of allylic oxidation sites excluding steroid dienone is 1. The molecule has 94 valence electrons. The summed E-state index contributed by atoms with van der Waals surface area (Å²) in [5.41, 5.74) is 1.52. The van der Waals surface area contributed by atoms with Crippen molar-refractivity contribution in [2.45, 2.75) is 39.7 Å². The molecular weight excluding hydrogens is 218 g/mol. The molecule has 0 aromatic carbocycles. The van der Waals surface area contributed by atoms with Gasteiger partial charge in [-0.2, -0.15) is 0 Å². The predicted molar refractivity (Wildman–Crippen MR) is 72.0 cm³/mol. The molecule has 0 spiro atoms. The molecule has 0 unspecified atom stereocenters. The standard InChI is InChI=1S/C13H25NOS/c1-10-6-5-7-11(2)13(10)8-14-12(3)9-16(4)15/h6,11-14H,5,7-9H2,1-4H3/t11-,12+,13+,16-/m0/s1. The second-order valence-corrected chi connectivity index (χ2v) is 6.64. The van der Waals surface area contributed by atoms with E-state index in [4.69, 9.17) is 0 Å². The van der Waals surface area contributed by atoms with Crippen molar-refractivity contribution >= 4 is 10.8 Å². The minimum absolute atomic E-state index is 0.354. The Morgan fingerprint density at radius 1 is 1.62 bits per heavy atom. The van der Waals surface area contributed by atoms with Crippen LogP contribution in [0.4, 0.5) is 0 Å². The van der Waals surface area contributed by atoms with Crippen molar-refractivity contribution in [2.24, 2.45) is 11.8 Å². The van der Waals surface area contributed by atoms with E-state index in [1.807, 2.05) is 0 Å². The fourth-order valence-electron chi connectivity index (χ4n) is 2.48. The van der Waals surface area contributed by atoms with Gasteiger partial charge in [0.15, 0.2) is 0 Å². The van der Waals surface area contributed by atoms with Gasteiger partial charge in [-0.05, 0) is 38.5 Å². The third-order valence-corrected chi connectivity index (χ3v) is 4.50. The molecule has 0 radical (unpaired) electrons. The quantitative estimate of drug-likeness (QED) is 0.751. The van der Waals surface area contributed by atoms with Gasteiger partial charge in [-0.25, -0.2) is 0 Å². The summed E-state index contributed by atoms with van der Waals surface area (Å²) >= 11 is 0. The minimum atomic E-state index is -0.697. The van der Waals surface area contributed by atoms with Crippen LogP contribution in [0.3, 0.4) is 0 Å². The highest BCUT2D eigenvalue weighted by molar-refractivity contribution is 7.84. The lowest BCUT2D eigenvalue weighted by molar-refractivity contribution is 0.342. The van der Waals surface area contributed by atoms with Crippen molar-refractivity contribution < 1.29 is 4.21 Å². The Balaban J connectivity index is 2.38. The zero-order chi connectivity index (χ0) is 12.1. The molecule has 0 bridgehead atoms. The summed E-state index contributed by atoms with van der Waals surface area (Å²) < 4.78 is 11.1. The first-order chi connectivity index (χ1) is 7.50. The SMILES string of the molecule is CC1=CCC[C@H](C)[C@@H]1CN[C@H](C)C[S@](C)=O. The summed E-state index contributed by atoms with van der Waals surface area (Å²) in [4.78, 5) is 0. The molecule has 16 heavy (non-hydrogen) atoms. The van der Waals surface area contributed by atoms with Crippen LogP contribution < -0.4 is 5.32 Å². The van der Waals surface area contributed by atoms with Crippen LogP contribution in [-0.2, 0) is 10.8 Å². The lowest BCUT2D eigenvalue weighted by atomic mass is 9.80. The lowest BCUT2D eigenvalue weighted by Gasteiger charge is -2.30. The van der Waals surface area contributed by atoms with E-state index in [0.717, 1.165) is 18.2 Å². The number of hydrogen-bond acceptors (Lipinski definition) is 2. The Morgan fingerprint density at radius 3 is 2.88 bits per heavy atom.